The van der Waals surface area contributed by atoms with Gasteiger partial charge in [-0.3, -0.25) is 4.90 Å². The van der Waals surface area contributed by atoms with Crippen molar-refractivity contribution in [1.82, 2.24) is 9.88 Å². The molecule has 0 amide bonds. The van der Waals surface area contributed by atoms with E-state index < -0.39 is 0 Å². The molecule has 0 radical (unpaired) electrons. The predicted octanol–water partition coefficient (Wildman–Crippen LogP) is 5.79. The molecular weight excluding hydrogens is 396 g/mol. The molecule has 0 spiro atoms. The molecule has 1 aromatic heterocycles. The highest BCUT2D eigenvalue weighted by molar-refractivity contribution is 5.75. The van der Waals surface area contributed by atoms with Crippen molar-refractivity contribution in [2.24, 2.45) is 5.92 Å². The van der Waals surface area contributed by atoms with E-state index in [1.165, 1.54) is 31.5 Å². The van der Waals surface area contributed by atoms with E-state index in [1.807, 2.05) is 37.3 Å². The van der Waals surface area contributed by atoms with E-state index in [1.54, 1.807) is 0 Å². The van der Waals surface area contributed by atoms with E-state index in [-0.39, 0.29) is 0 Å². The van der Waals surface area contributed by atoms with Gasteiger partial charge in [-0.05, 0) is 75.4 Å². The van der Waals surface area contributed by atoms with Crippen LogP contribution in [0.3, 0.4) is 0 Å². The Labute approximate surface area is 191 Å². The first-order valence-corrected chi connectivity index (χ1v) is 11.6. The van der Waals surface area contributed by atoms with Gasteiger partial charge in [-0.1, -0.05) is 48.5 Å². The quantitative estimate of drug-likeness (QED) is 0.474. The number of nitrogens with zero attached hydrogens (tertiary/aromatic N) is 2. The average Bonchev–Trinajstić information content (AvgIpc) is 2.82. The molecule has 32 heavy (non-hydrogen) atoms. The van der Waals surface area contributed by atoms with Gasteiger partial charge in [0.15, 0.2) is 0 Å². The van der Waals surface area contributed by atoms with E-state index in [0.29, 0.717) is 11.6 Å². The molecule has 2 heterocycles. The highest BCUT2D eigenvalue weighted by Crippen LogP contribution is 2.35. The number of ether oxygens (including phenoxy) is 1. The number of nitrogens with one attached hydrogen (secondary N) is 1. The van der Waals surface area contributed by atoms with Gasteiger partial charge in [-0.25, -0.2) is 4.98 Å². The van der Waals surface area contributed by atoms with Crippen LogP contribution in [0.2, 0.25) is 0 Å². The van der Waals surface area contributed by atoms with Crippen LogP contribution in [0.4, 0.5) is 11.4 Å². The fourth-order valence-electron chi connectivity index (χ4n) is 4.37. The molecule has 168 valence electrons. The Bertz CT molecular complexity index is 999. The van der Waals surface area contributed by atoms with Gasteiger partial charge in [0.25, 0.3) is 0 Å². The lowest BCUT2D eigenvalue weighted by atomic mass is 9.93. The lowest BCUT2D eigenvalue weighted by molar-refractivity contribution is 0.174. The molecular formula is C27H34N4O. The molecule has 4 rings (SSSR count). The second-order valence-electron chi connectivity index (χ2n) is 8.75. The number of aromatic nitrogens is 1. The molecule has 0 aliphatic carbocycles. The van der Waals surface area contributed by atoms with Crippen molar-refractivity contribution in [1.29, 1.82) is 0 Å². The van der Waals surface area contributed by atoms with Gasteiger partial charge in [0.2, 0.25) is 5.88 Å². The topological polar surface area (TPSA) is 63.4 Å². The van der Waals surface area contributed by atoms with Crippen molar-refractivity contribution in [2.45, 2.75) is 39.7 Å². The molecule has 2 aromatic carbocycles. The van der Waals surface area contributed by atoms with Crippen molar-refractivity contribution in [3.63, 3.8) is 0 Å². The van der Waals surface area contributed by atoms with E-state index in [0.717, 1.165) is 48.1 Å². The average molecular weight is 431 g/mol. The van der Waals surface area contributed by atoms with Crippen LogP contribution in [0.15, 0.2) is 60.7 Å². The SMILES string of the molecule is Cc1nc(Oc2ccccc2)c(N)c(NCCC2CCN(Cc3ccccc3)CC2)c1C. The van der Waals surface area contributed by atoms with E-state index in [2.05, 4.69) is 52.5 Å². The lowest BCUT2D eigenvalue weighted by Gasteiger charge is -2.32. The maximum absolute atomic E-state index is 6.45. The number of nitrogens with two attached hydrogens (primary N) is 1. The van der Waals surface area contributed by atoms with Crippen molar-refractivity contribution >= 4 is 11.4 Å². The number of rotatable bonds is 8. The molecule has 5 nitrogen and oxygen atoms in total. The minimum absolute atomic E-state index is 0.469. The third kappa shape index (κ3) is 5.60. The normalized spacial score (nSPS) is 14.9. The van der Waals surface area contributed by atoms with Crippen LogP contribution >= 0.6 is 0 Å². The van der Waals surface area contributed by atoms with E-state index >= 15 is 0 Å². The van der Waals surface area contributed by atoms with E-state index in [9.17, 15) is 0 Å². The number of hydrogen-bond acceptors (Lipinski definition) is 5. The van der Waals surface area contributed by atoms with Crippen LogP contribution in [0.1, 0.15) is 36.1 Å². The molecule has 3 aromatic rings. The number of pyridine rings is 1. The van der Waals surface area contributed by atoms with Gasteiger partial charge in [0.1, 0.15) is 11.4 Å². The fraction of sp³-hybridized carbons (Fsp3) is 0.370. The number of hydrogen-bond donors (Lipinski definition) is 2. The Morgan fingerprint density at radius 2 is 1.66 bits per heavy atom. The third-order valence-electron chi connectivity index (χ3n) is 6.45. The van der Waals surface area contributed by atoms with Crippen LogP contribution in [-0.2, 0) is 6.54 Å². The van der Waals surface area contributed by atoms with Crippen LogP contribution in [0.25, 0.3) is 0 Å². The summed E-state index contributed by atoms with van der Waals surface area (Å²) >= 11 is 0. The number of anilines is 2. The van der Waals surface area contributed by atoms with Crippen LogP contribution in [0.5, 0.6) is 11.6 Å². The number of aryl methyl sites for hydroxylation is 1. The molecule has 0 bridgehead atoms. The number of likely N-dealkylation sites (tertiary alicyclic amines) is 1. The summed E-state index contributed by atoms with van der Waals surface area (Å²) in [7, 11) is 0. The first-order chi connectivity index (χ1) is 15.6. The maximum atomic E-state index is 6.45. The first-order valence-electron chi connectivity index (χ1n) is 11.6. The highest BCUT2D eigenvalue weighted by atomic mass is 16.5. The first kappa shape index (κ1) is 22.2. The van der Waals surface area contributed by atoms with Gasteiger partial charge in [0.05, 0.1) is 5.69 Å². The molecule has 3 N–H and O–H groups in total. The second kappa shape index (κ2) is 10.5. The van der Waals surface area contributed by atoms with Gasteiger partial charge in [-0.15, -0.1) is 0 Å². The molecule has 0 unspecified atom stereocenters. The maximum Gasteiger partial charge on any atom is 0.245 e. The standard InChI is InChI=1S/C27H34N4O/c1-20-21(2)30-27(32-24-11-7-4-8-12-24)25(28)26(20)29-16-13-22-14-17-31(18-15-22)19-23-9-5-3-6-10-23/h3-12,22H,13-19,28H2,1-2H3,(H,29,30). The van der Waals surface area contributed by atoms with Crippen molar-refractivity contribution in [2.75, 3.05) is 30.7 Å². The summed E-state index contributed by atoms with van der Waals surface area (Å²) in [5.41, 5.74) is 11.4. The van der Waals surface area contributed by atoms with Crippen LogP contribution < -0.4 is 15.8 Å². The number of benzene rings is 2. The van der Waals surface area contributed by atoms with Crippen LogP contribution in [0, 0.1) is 19.8 Å². The number of para-hydroxylation sites is 1. The monoisotopic (exact) mass is 430 g/mol. The van der Waals surface area contributed by atoms with Crippen molar-refractivity contribution in [3.8, 4) is 11.6 Å². The molecule has 1 saturated heterocycles. The van der Waals surface area contributed by atoms with Gasteiger partial charge in [0, 0.05) is 18.8 Å². The third-order valence-corrected chi connectivity index (χ3v) is 6.45. The Hall–Kier alpha value is -3.05. The summed E-state index contributed by atoms with van der Waals surface area (Å²) in [6, 6.07) is 20.4. The van der Waals surface area contributed by atoms with Crippen molar-refractivity contribution < 1.29 is 4.74 Å². The highest BCUT2D eigenvalue weighted by Gasteiger charge is 2.20. The minimum Gasteiger partial charge on any atom is -0.437 e. The minimum atomic E-state index is 0.469. The van der Waals surface area contributed by atoms with Crippen molar-refractivity contribution in [3.05, 3.63) is 77.5 Å². The lowest BCUT2D eigenvalue weighted by Crippen LogP contribution is -2.33. The summed E-state index contributed by atoms with van der Waals surface area (Å²) in [4.78, 5) is 7.15. The Kier molecular flexibility index (Phi) is 7.28. The van der Waals surface area contributed by atoms with Gasteiger partial charge < -0.3 is 15.8 Å². The number of piperidine rings is 1. The molecule has 1 aliphatic heterocycles. The smallest absolute Gasteiger partial charge is 0.245 e. The van der Waals surface area contributed by atoms with Gasteiger partial charge >= 0.3 is 0 Å². The summed E-state index contributed by atoms with van der Waals surface area (Å²) in [5.74, 6) is 1.96. The molecule has 5 heteroatoms. The number of nitrogen functional groups attached to an aromatic ring is 1. The zero-order valence-corrected chi connectivity index (χ0v) is 19.2. The largest absolute Gasteiger partial charge is 0.437 e. The zero-order chi connectivity index (χ0) is 22.3. The zero-order valence-electron chi connectivity index (χ0n) is 19.2. The molecule has 0 atom stereocenters. The molecule has 0 saturated carbocycles. The summed E-state index contributed by atoms with van der Waals surface area (Å²) in [5, 5.41) is 3.59. The molecule has 1 aliphatic rings. The Morgan fingerprint density at radius 1 is 1.00 bits per heavy atom. The predicted molar refractivity (Wildman–Crippen MR) is 132 cm³/mol. The molecule has 1 fully saturated rings. The summed E-state index contributed by atoms with van der Waals surface area (Å²) in [6.45, 7) is 8.37. The second-order valence-corrected chi connectivity index (χ2v) is 8.75. The Balaban J connectivity index is 1.30. The Morgan fingerprint density at radius 3 is 2.34 bits per heavy atom. The summed E-state index contributed by atoms with van der Waals surface area (Å²) in [6.07, 6.45) is 3.65. The van der Waals surface area contributed by atoms with Gasteiger partial charge in [-0.2, -0.15) is 0 Å². The fourth-order valence-corrected chi connectivity index (χ4v) is 4.37. The van der Waals surface area contributed by atoms with E-state index in [4.69, 9.17) is 10.5 Å². The van der Waals surface area contributed by atoms with Crippen LogP contribution in [-0.4, -0.2) is 29.5 Å². The summed E-state index contributed by atoms with van der Waals surface area (Å²) < 4.78 is 5.96.